The quantitative estimate of drug-likeness (QED) is 0.703. The van der Waals surface area contributed by atoms with Crippen LogP contribution < -0.4 is 34.3 Å². The largest absolute Gasteiger partial charge is 0.490 e. The highest BCUT2D eigenvalue weighted by molar-refractivity contribution is 6.00. The van der Waals surface area contributed by atoms with Crippen molar-refractivity contribution in [1.29, 1.82) is 0 Å². The summed E-state index contributed by atoms with van der Waals surface area (Å²) in [7, 11) is 0. The molecule has 0 atom stereocenters. The molecule has 0 spiro atoms. The molecular formula is C20H24N2O6. The van der Waals surface area contributed by atoms with Crippen molar-refractivity contribution in [2.45, 2.75) is 20.8 Å². The number of anilines is 2. The Kier molecular flexibility index (Phi) is 6.31. The lowest BCUT2D eigenvalue weighted by molar-refractivity contribution is 0.174. The predicted molar refractivity (Wildman–Crippen MR) is 105 cm³/mol. The standard InChI is InChI=1S/C20H24N2O6/c1-4-24-17-10-14(11-18(25-5-2)19(17)26-6-3)22-20(23)21-13-7-8-15-16(9-13)28-12-27-15/h7-11H,4-6,12H2,1-3H3,(H2,21,22,23). The van der Waals surface area contributed by atoms with Gasteiger partial charge in [0.25, 0.3) is 0 Å². The Morgan fingerprint density at radius 3 is 2.11 bits per heavy atom. The SMILES string of the molecule is CCOc1cc(NC(=O)Nc2ccc3c(c2)OCO3)cc(OCC)c1OCC. The van der Waals surface area contributed by atoms with E-state index in [2.05, 4.69) is 10.6 Å². The highest BCUT2D eigenvalue weighted by atomic mass is 16.7. The summed E-state index contributed by atoms with van der Waals surface area (Å²) < 4.78 is 27.6. The minimum absolute atomic E-state index is 0.178. The van der Waals surface area contributed by atoms with Gasteiger partial charge in [0.1, 0.15) is 0 Å². The number of fused-ring (bicyclic) bond motifs is 1. The molecule has 1 aliphatic heterocycles. The van der Waals surface area contributed by atoms with Gasteiger partial charge in [-0.3, -0.25) is 0 Å². The predicted octanol–water partition coefficient (Wildman–Crippen LogP) is 4.26. The van der Waals surface area contributed by atoms with Crippen LogP contribution in [0.2, 0.25) is 0 Å². The van der Waals surface area contributed by atoms with E-state index in [0.717, 1.165) is 0 Å². The molecule has 1 heterocycles. The number of ether oxygens (including phenoxy) is 5. The monoisotopic (exact) mass is 388 g/mol. The average molecular weight is 388 g/mol. The molecular weight excluding hydrogens is 364 g/mol. The lowest BCUT2D eigenvalue weighted by Crippen LogP contribution is -2.19. The molecule has 3 rings (SSSR count). The van der Waals surface area contributed by atoms with Gasteiger partial charge in [-0.2, -0.15) is 0 Å². The molecule has 0 bridgehead atoms. The third-order valence-electron chi connectivity index (χ3n) is 3.80. The van der Waals surface area contributed by atoms with Gasteiger partial charge in [-0.1, -0.05) is 0 Å². The van der Waals surface area contributed by atoms with Gasteiger partial charge in [0.2, 0.25) is 12.5 Å². The van der Waals surface area contributed by atoms with Crippen LogP contribution in [-0.4, -0.2) is 32.6 Å². The van der Waals surface area contributed by atoms with Crippen LogP contribution >= 0.6 is 0 Å². The zero-order valence-electron chi connectivity index (χ0n) is 16.2. The Bertz CT molecular complexity index is 812. The average Bonchev–Trinajstić information content (AvgIpc) is 3.12. The lowest BCUT2D eigenvalue weighted by Gasteiger charge is -2.17. The molecule has 8 nitrogen and oxygen atoms in total. The second kappa shape index (κ2) is 9.07. The number of nitrogens with one attached hydrogen (secondary N) is 2. The first-order valence-corrected chi connectivity index (χ1v) is 9.18. The van der Waals surface area contributed by atoms with Crippen molar-refractivity contribution in [2.75, 3.05) is 37.2 Å². The number of hydrogen-bond acceptors (Lipinski definition) is 6. The normalized spacial score (nSPS) is 11.7. The van der Waals surface area contributed by atoms with Gasteiger partial charge in [0.05, 0.1) is 25.5 Å². The maximum atomic E-state index is 12.4. The van der Waals surface area contributed by atoms with E-state index in [1.165, 1.54) is 0 Å². The fourth-order valence-electron chi connectivity index (χ4n) is 2.73. The minimum atomic E-state index is -0.409. The van der Waals surface area contributed by atoms with Crippen LogP contribution in [0.25, 0.3) is 0 Å². The van der Waals surface area contributed by atoms with Gasteiger partial charge < -0.3 is 34.3 Å². The number of rotatable bonds is 8. The van der Waals surface area contributed by atoms with E-state index in [0.29, 0.717) is 59.9 Å². The molecule has 0 aromatic heterocycles. The smallest absolute Gasteiger partial charge is 0.323 e. The summed E-state index contributed by atoms with van der Waals surface area (Å²) >= 11 is 0. The van der Waals surface area contributed by atoms with Crippen LogP contribution in [0.15, 0.2) is 30.3 Å². The van der Waals surface area contributed by atoms with E-state index in [9.17, 15) is 4.79 Å². The Hall–Kier alpha value is -3.29. The van der Waals surface area contributed by atoms with Crippen LogP contribution in [-0.2, 0) is 0 Å². The third-order valence-corrected chi connectivity index (χ3v) is 3.80. The van der Waals surface area contributed by atoms with Crippen LogP contribution in [0.1, 0.15) is 20.8 Å². The van der Waals surface area contributed by atoms with E-state index in [1.54, 1.807) is 30.3 Å². The van der Waals surface area contributed by atoms with E-state index in [4.69, 9.17) is 23.7 Å². The van der Waals surface area contributed by atoms with Crippen LogP contribution in [0.3, 0.4) is 0 Å². The topological polar surface area (TPSA) is 87.3 Å². The van der Waals surface area contributed by atoms with Crippen LogP contribution in [0, 0.1) is 0 Å². The van der Waals surface area contributed by atoms with Crippen molar-refractivity contribution < 1.29 is 28.5 Å². The van der Waals surface area contributed by atoms with Gasteiger partial charge in [0.15, 0.2) is 23.0 Å². The molecule has 2 aromatic carbocycles. The molecule has 2 N–H and O–H groups in total. The van der Waals surface area contributed by atoms with Crippen molar-refractivity contribution in [2.24, 2.45) is 0 Å². The highest BCUT2D eigenvalue weighted by Crippen LogP contribution is 2.41. The first-order chi connectivity index (χ1) is 13.6. The molecule has 1 aliphatic rings. The van der Waals surface area contributed by atoms with Crippen LogP contribution in [0.5, 0.6) is 28.7 Å². The summed E-state index contributed by atoms with van der Waals surface area (Å²) in [6.07, 6.45) is 0. The number of hydrogen-bond donors (Lipinski definition) is 2. The van der Waals surface area contributed by atoms with Gasteiger partial charge >= 0.3 is 6.03 Å². The highest BCUT2D eigenvalue weighted by Gasteiger charge is 2.17. The van der Waals surface area contributed by atoms with E-state index in [-0.39, 0.29) is 6.79 Å². The molecule has 8 heteroatoms. The summed E-state index contributed by atoms with van der Waals surface area (Å²) in [6.45, 7) is 7.20. The molecule has 0 saturated carbocycles. The number of urea groups is 1. The molecule has 0 aliphatic carbocycles. The molecule has 28 heavy (non-hydrogen) atoms. The number of carbonyl (C=O) groups excluding carboxylic acids is 1. The summed E-state index contributed by atoms with van der Waals surface area (Å²) in [5.41, 5.74) is 1.11. The van der Waals surface area contributed by atoms with E-state index >= 15 is 0 Å². The number of amides is 2. The summed E-state index contributed by atoms with van der Waals surface area (Å²) in [5.74, 6) is 2.78. The zero-order chi connectivity index (χ0) is 19.9. The van der Waals surface area contributed by atoms with Crippen molar-refractivity contribution in [3.63, 3.8) is 0 Å². The van der Waals surface area contributed by atoms with Crippen molar-refractivity contribution in [3.8, 4) is 28.7 Å². The van der Waals surface area contributed by atoms with Crippen molar-refractivity contribution in [3.05, 3.63) is 30.3 Å². The van der Waals surface area contributed by atoms with Crippen molar-refractivity contribution in [1.82, 2.24) is 0 Å². The zero-order valence-corrected chi connectivity index (χ0v) is 16.2. The lowest BCUT2D eigenvalue weighted by atomic mass is 10.2. The van der Waals surface area contributed by atoms with Crippen LogP contribution in [0.4, 0.5) is 16.2 Å². The molecule has 2 aromatic rings. The Morgan fingerprint density at radius 1 is 0.857 bits per heavy atom. The van der Waals surface area contributed by atoms with Crippen molar-refractivity contribution >= 4 is 17.4 Å². The maximum absolute atomic E-state index is 12.4. The molecule has 2 amide bonds. The molecule has 0 unspecified atom stereocenters. The first-order valence-electron chi connectivity index (χ1n) is 9.18. The maximum Gasteiger partial charge on any atom is 0.323 e. The summed E-state index contributed by atoms with van der Waals surface area (Å²) in [4.78, 5) is 12.4. The second-order valence-electron chi connectivity index (χ2n) is 5.75. The van der Waals surface area contributed by atoms with Gasteiger partial charge in [-0.15, -0.1) is 0 Å². The number of benzene rings is 2. The van der Waals surface area contributed by atoms with Gasteiger partial charge in [0, 0.05) is 23.9 Å². The van der Waals surface area contributed by atoms with Gasteiger partial charge in [-0.25, -0.2) is 4.79 Å². The second-order valence-corrected chi connectivity index (χ2v) is 5.75. The molecule has 0 fully saturated rings. The summed E-state index contributed by atoms with van der Waals surface area (Å²) in [5, 5.41) is 5.55. The Morgan fingerprint density at radius 2 is 1.46 bits per heavy atom. The Labute approximate surface area is 163 Å². The fourth-order valence-corrected chi connectivity index (χ4v) is 2.73. The molecule has 0 saturated heterocycles. The fraction of sp³-hybridized carbons (Fsp3) is 0.350. The molecule has 150 valence electrons. The van der Waals surface area contributed by atoms with E-state index in [1.807, 2.05) is 20.8 Å². The number of carbonyl (C=O) groups is 1. The molecule has 0 radical (unpaired) electrons. The third kappa shape index (κ3) is 4.51. The van der Waals surface area contributed by atoms with Gasteiger partial charge in [-0.05, 0) is 32.9 Å². The first kappa shape index (κ1) is 19.5. The minimum Gasteiger partial charge on any atom is -0.490 e. The van der Waals surface area contributed by atoms with E-state index < -0.39 is 6.03 Å². The Balaban J connectivity index is 1.77. The summed E-state index contributed by atoms with van der Waals surface area (Å²) in [6, 6.07) is 8.19.